The van der Waals surface area contributed by atoms with Crippen molar-refractivity contribution < 1.29 is 19.3 Å². The molecule has 0 aliphatic rings. The molecule has 150 valence electrons. The Morgan fingerprint density at radius 2 is 1.21 bits per heavy atom. The van der Waals surface area contributed by atoms with Crippen molar-refractivity contribution in [3.8, 4) is 11.8 Å². The third kappa shape index (κ3) is 5.40. The lowest BCUT2D eigenvalue weighted by Crippen LogP contribution is -2.10. The van der Waals surface area contributed by atoms with Gasteiger partial charge in [0, 0.05) is 37.4 Å². The number of nitrogens with zero attached hydrogens (tertiary/aromatic N) is 4. The van der Waals surface area contributed by atoms with Gasteiger partial charge in [-0.1, -0.05) is 0 Å². The molecule has 0 unspecified atom stereocenters. The molecule has 0 bridgehead atoms. The molecule has 0 spiro atoms. The number of aromatic nitrogens is 2. The number of unbranched alkanes of at least 4 members (excludes halogenated alkanes) is 1. The van der Waals surface area contributed by atoms with Crippen LogP contribution in [0.15, 0.2) is 24.3 Å². The van der Waals surface area contributed by atoms with E-state index in [4.69, 9.17) is 9.47 Å². The summed E-state index contributed by atoms with van der Waals surface area (Å²) < 4.78 is 9.95. The minimum atomic E-state index is -0.524. The largest absolute Gasteiger partial charge is 0.481 e. The Bertz CT molecular complexity index is 777. The van der Waals surface area contributed by atoms with Gasteiger partial charge in [-0.15, -0.1) is 0 Å². The monoisotopic (exact) mass is 392 g/mol. The van der Waals surface area contributed by atoms with Crippen molar-refractivity contribution in [1.82, 2.24) is 9.97 Å². The van der Waals surface area contributed by atoms with Crippen LogP contribution in [0.25, 0.3) is 0 Å². The first kappa shape index (κ1) is 20.6. The maximum absolute atomic E-state index is 11.1. The maximum atomic E-state index is 11.1. The highest BCUT2D eigenvalue weighted by molar-refractivity contribution is 5.57. The van der Waals surface area contributed by atoms with Gasteiger partial charge in [-0.05, 0) is 12.8 Å². The summed E-state index contributed by atoms with van der Waals surface area (Å²) in [4.78, 5) is 29.1. The molecule has 0 aromatic carbocycles. The Balaban J connectivity index is 1.86. The average molecular weight is 392 g/mol. The molecule has 12 nitrogen and oxygen atoms in total. The topological polar surface area (TPSA) is 155 Å². The number of methoxy groups -OCH3 is 2. The van der Waals surface area contributed by atoms with E-state index in [0.29, 0.717) is 25.9 Å². The van der Waals surface area contributed by atoms with Crippen LogP contribution in [0.1, 0.15) is 12.8 Å². The predicted molar refractivity (Wildman–Crippen MR) is 101 cm³/mol. The van der Waals surface area contributed by atoms with Gasteiger partial charge in [-0.3, -0.25) is 20.2 Å². The Labute approximate surface area is 160 Å². The molecule has 12 heteroatoms. The van der Waals surface area contributed by atoms with Crippen molar-refractivity contribution in [2.24, 2.45) is 0 Å². The Morgan fingerprint density at radius 3 is 1.54 bits per heavy atom. The Kier molecular flexibility index (Phi) is 7.25. The molecule has 0 fully saturated rings. The number of nitro groups is 2. The number of ether oxygens (including phenoxy) is 2. The van der Waals surface area contributed by atoms with Gasteiger partial charge in [-0.2, -0.15) is 9.97 Å². The van der Waals surface area contributed by atoms with Gasteiger partial charge in [0.25, 0.3) is 0 Å². The molecule has 2 aromatic rings. The van der Waals surface area contributed by atoms with Gasteiger partial charge in [0.2, 0.25) is 23.4 Å². The molecule has 2 rings (SSSR count). The van der Waals surface area contributed by atoms with E-state index < -0.39 is 9.85 Å². The number of rotatable bonds is 11. The van der Waals surface area contributed by atoms with E-state index in [-0.39, 0.29) is 34.8 Å². The van der Waals surface area contributed by atoms with E-state index in [0.717, 1.165) is 0 Å². The molecule has 2 aromatic heterocycles. The predicted octanol–water partition coefficient (Wildman–Crippen LogP) is 2.61. The van der Waals surface area contributed by atoms with E-state index >= 15 is 0 Å². The highest BCUT2D eigenvalue weighted by Crippen LogP contribution is 2.26. The van der Waals surface area contributed by atoms with Crippen LogP contribution in [-0.4, -0.2) is 47.1 Å². The molecule has 0 aliphatic carbocycles. The zero-order chi connectivity index (χ0) is 20.5. The van der Waals surface area contributed by atoms with E-state index in [1.807, 2.05) is 0 Å². The summed E-state index contributed by atoms with van der Waals surface area (Å²) >= 11 is 0. The number of pyridine rings is 2. The van der Waals surface area contributed by atoms with Crippen LogP contribution >= 0.6 is 0 Å². The first-order chi connectivity index (χ1) is 13.5. The minimum Gasteiger partial charge on any atom is -0.481 e. The van der Waals surface area contributed by atoms with E-state index in [1.165, 1.54) is 38.5 Å². The summed E-state index contributed by atoms with van der Waals surface area (Å²) in [5, 5.41) is 27.9. The molecule has 28 heavy (non-hydrogen) atoms. The molecule has 0 aliphatic heterocycles. The normalized spacial score (nSPS) is 10.2. The summed E-state index contributed by atoms with van der Waals surface area (Å²) in [5.74, 6) is 0.794. The number of hydrogen-bond donors (Lipinski definition) is 2. The molecular weight excluding hydrogens is 372 g/mol. The van der Waals surface area contributed by atoms with Crippen LogP contribution in [0.4, 0.5) is 23.0 Å². The Hall–Kier alpha value is -3.70. The van der Waals surface area contributed by atoms with Crippen molar-refractivity contribution in [1.29, 1.82) is 0 Å². The van der Waals surface area contributed by atoms with Crippen LogP contribution in [0.2, 0.25) is 0 Å². The average Bonchev–Trinajstić information content (AvgIpc) is 2.69. The lowest BCUT2D eigenvalue weighted by Gasteiger charge is -2.09. The highest BCUT2D eigenvalue weighted by Gasteiger charge is 2.17. The van der Waals surface area contributed by atoms with E-state index in [2.05, 4.69) is 20.6 Å². The summed E-state index contributed by atoms with van der Waals surface area (Å²) in [7, 11) is 2.85. The fourth-order valence-corrected chi connectivity index (χ4v) is 2.31. The van der Waals surface area contributed by atoms with Gasteiger partial charge in [0.1, 0.15) is 0 Å². The van der Waals surface area contributed by atoms with E-state index in [9.17, 15) is 20.2 Å². The van der Waals surface area contributed by atoms with Crippen molar-refractivity contribution in [3.05, 3.63) is 44.5 Å². The lowest BCUT2D eigenvalue weighted by molar-refractivity contribution is -0.384. The fraction of sp³-hybridized carbons (Fsp3) is 0.375. The third-order valence-corrected chi connectivity index (χ3v) is 3.70. The first-order valence-electron chi connectivity index (χ1n) is 8.33. The zero-order valence-corrected chi connectivity index (χ0v) is 15.4. The standard InChI is InChI=1S/C16H20N6O6/c1-27-13-7-5-11(21(23)24)15(19-13)17-9-3-4-10-18-16-12(22(25)26)6-8-14(20-16)28-2/h5-8H,3-4,9-10H2,1-2H3,(H,17,19)(H,18,20). The Morgan fingerprint density at radius 1 is 0.821 bits per heavy atom. The first-order valence-corrected chi connectivity index (χ1v) is 8.33. The maximum Gasteiger partial charge on any atom is 0.311 e. The van der Waals surface area contributed by atoms with Crippen LogP contribution in [0.3, 0.4) is 0 Å². The molecule has 2 heterocycles. The summed E-state index contributed by atoms with van der Waals surface area (Å²) in [6.45, 7) is 0.854. The van der Waals surface area contributed by atoms with Crippen LogP contribution in [0, 0.1) is 20.2 Å². The van der Waals surface area contributed by atoms with Gasteiger partial charge in [0.05, 0.1) is 24.1 Å². The van der Waals surface area contributed by atoms with Crippen molar-refractivity contribution in [2.75, 3.05) is 37.9 Å². The van der Waals surface area contributed by atoms with Crippen LogP contribution in [0.5, 0.6) is 11.8 Å². The molecule has 0 saturated carbocycles. The molecule has 0 amide bonds. The second-order valence-corrected chi connectivity index (χ2v) is 5.52. The molecule has 0 saturated heterocycles. The van der Waals surface area contributed by atoms with E-state index in [1.54, 1.807) is 0 Å². The van der Waals surface area contributed by atoms with Gasteiger partial charge < -0.3 is 20.1 Å². The molecule has 0 atom stereocenters. The SMILES string of the molecule is COc1ccc([N+](=O)[O-])c(NCCCCNc2nc(OC)ccc2[N+](=O)[O-])n1. The highest BCUT2D eigenvalue weighted by atomic mass is 16.6. The quantitative estimate of drug-likeness (QED) is 0.331. The minimum absolute atomic E-state index is 0.127. The molecular formula is C16H20N6O6. The van der Waals surface area contributed by atoms with Crippen LogP contribution < -0.4 is 20.1 Å². The summed E-state index contributed by atoms with van der Waals surface area (Å²) in [5.41, 5.74) is -0.287. The molecule has 2 N–H and O–H groups in total. The van der Waals surface area contributed by atoms with Gasteiger partial charge in [0.15, 0.2) is 0 Å². The fourth-order valence-electron chi connectivity index (χ4n) is 2.31. The number of anilines is 2. The second-order valence-electron chi connectivity index (χ2n) is 5.52. The summed E-state index contributed by atoms with van der Waals surface area (Å²) in [6, 6.07) is 5.48. The van der Waals surface area contributed by atoms with Crippen molar-refractivity contribution in [3.63, 3.8) is 0 Å². The third-order valence-electron chi connectivity index (χ3n) is 3.70. The number of hydrogen-bond acceptors (Lipinski definition) is 10. The van der Waals surface area contributed by atoms with Crippen molar-refractivity contribution >= 4 is 23.0 Å². The second kappa shape index (κ2) is 9.85. The van der Waals surface area contributed by atoms with Gasteiger partial charge in [-0.25, -0.2) is 0 Å². The summed E-state index contributed by atoms with van der Waals surface area (Å²) in [6.07, 6.45) is 1.28. The lowest BCUT2D eigenvalue weighted by atomic mass is 10.3. The smallest absolute Gasteiger partial charge is 0.311 e. The number of nitrogens with one attached hydrogen (secondary N) is 2. The van der Waals surface area contributed by atoms with Crippen molar-refractivity contribution in [2.45, 2.75) is 12.8 Å². The molecule has 0 radical (unpaired) electrons. The van der Waals surface area contributed by atoms with Gasteiger partial charge >= 0.3 is 11.4 Å². The van der Waals surface area contributed by atoms with Crippen LogP contribution in [-0.2, 0) is 0 Å². The zero-order valence-electron chi connectivity index (χ0n) is 15.4.